The van der Waals surface area contributed by atoms with Crippen molar-refractivity contribution in [1.29, 1.82) is 0 Å². The number of hydrogen-bond donors (Lipinski definition) is 2. The van der Waals surface area contributed by atoms with Gasteiger partial charge in [0.25, 0.3) is 15.9 Å². The Morgan fingerprint density at radius 3 is 2.09 bits per heavy atom. The van der Waals surface area contributed by atoms with Crippen LogP contribution in [0.4, 0.5) is 5.69 Å². The first-order valence-electron chi connectivity index (χ1n) is 10.7. The Morgan fingerprint density at radius 2 is 1.51 bits per heavy atom. The number of nitrogens with one attached hydrogen (secondary N) is 2. The van der Waals surface area contributed by atoms with Crippen molar-refractivity contribution in [3.63, 3.8) is 0 Å². The Labute approximate surface area is 202 Å². The molecule has 0 aliphatic heterocycles. The first-order valence-corrected chi connectivity index (χ1v) is 12.2. The zero-order valence-corrected chi connectivity index (χ0v) is 19.9. The molecule has 0 radical (unpaired) electrons. The molecule has 2 N–H and O–H groups in total. The molecule has 1 amide bonds. The molecule has 3 aromatic carbocycles. The molecule has 9 nitrogen and oxygen atoms in total. The van der Waals surface area contributed by atoms with Gasteiger partial charge in [-0.25, -0.2) is 18.1 Å². The van der Waals surface area contributed by atoms with Crippen LogP contribution in [0.25, 0.3) is 5.69 Å². The van der Waals surface area contributed by atoms with E-state index in [1.165, 1.54) is 49.6 Å². The molecule has 0 fully saturated rings. The molecule has 10 heteroatoms. The van der Waals surface area contributed by atoms with Crippen molar-refractivity contribution < 1.29 is 18.0 Å². The van der Waals surface area contributed by atoms with Crippen molar-refractivity contribution in [2.45, 2.75) is 24.8 Å². The SMILES string of the molecule is CC(=O)c1ccc(S(=O)(=O)Nc2ccc(C(=O)N[C@@H](C)c3ccc(-n4cncn4)cc3)cc2)cc1. The highest BCUT2D eigenvalue weighted by Gasteiger charge is 2.16. The number of carbonyl (C=O) groups is 2. The summed E-state index contributed by atoms with van der Waals surface area (Å²) >= 11 is 0. The number of rotatable bonds is 8. The number of benzene rings is 3. The summed E-state index contributed by atoms with van der Waals surface area (Å²) < 4.78 is 29.4. The lowest BCUT2D eigenvalue weighted by molar-refractivity contribution is 0.0939. The van der Waals surface area contributed by atoms with E-state index in [1.807, 2.05) is 31.2 Å². The zero-order valence-electron chi connectivity index (χ0n) is 19.0. The molecular weight excluding hydrogens is 466 g/mol. The molecule has 0 saturated heterocycles. The number of sulfonamides is 1. The standard InChI is InChI=1S/C25H23N5O4S/c1-17(19-5-11-23(12-6-19)30-16-26-15-27-30)28-25(32)21-3-9-22(10-4-21)29-35(33,34)24-13-7-20(8-14-24)18(2)31/h3-17,29H,1-2H3,(H,28,32)/t17-/m0/s1. The van der Waals surface area contributed by atoms with Gasteiger partial charge in [-0.2, -0.15) is 5.10 Å². The molecular formula is C25H23N5O4S. The van der Waals surface area contributed by atoms with Crippen LogP contribution in [0.2, 0.25) is 0 Å². The molecule has 0 bridgehead atoms. The topological polar surface area (TPSA) is 123 Å². The fraction of sp³-hybridized carbons (Fsp3) is 0.120. The van der Waals surface area contributed by atoms with Gasteiger partial charge in [-0.15, -0.1) is 0 Å². The van der Waals surface area contributed by atoms with Crippen LogP contribution in [0.1, 0.15) is 46.2 Å². The summed E-state index contributed by atoms with van der Waals surface area (Å²) in [4.78, 5) is 28.0. The van der Waals surface area contributed by atoms with Gasteiger partial charge in [0.15, 0.2) is 5.78 Å². The van der Waals surface area contributed by atoms with E-state index in [0.717, 1.165) is 11.3 Å². The third kappa shape index (κ3) is 5.61. The summed E-state index contributed by atoms with van der Waals surface area (Å²) in [5.41, 5.74) is 2.92. The molecule has 4 rings (SSSR count). The summed E-state index contributed by atoms with van der Waals surface area (Å²) in [7, 11) is -3.84. The predicted molar refractivity (Wildman–Crippen MR) is 131 cm³/mol. The number of carbonyl (C=O) groups excluding carboxylic acids is 2. The molecule has 0 saturated carbocycles. The van der Waals surface area contributed by atoms with E-state index in [9.17, 15) is 18.0 Å². The minimum atomic E-state index is -3.84. The minimum Gasteiger partial charge on any atom is -0.346 e. The molecule has 0 unspecified atom stereocenters. The minimum absolute atomic E-state index is 0.0352. The van der Waals surface area contributed by atoms with Crippen LogP contribution in [0.3, 0.4) is 0 Å². The summed E-state index contributed by atoms with van der Waals surface area (Å²) in [6, 6.07) is 19.2. The van der Waals surface area contributed by atoms with Crippen LogP contribution in [-0.2, 0) is 10.0 Å². The number of hydrogen-bond acceptors (Lipinski definition) is 6. The van der Waals surface area contributed by atoms with Crippen molar-refractivity contribution in [2.75, 3.05) is 4.72 Å². The Balaban J connectivity index is 1.39. The van der Waals surface area contributed by atoms with Crippen LogP contribution in [0, 0.1) is 0 Å². The highest BCUT2D eigenvalue weighted by Crippen LogP contribution is 2.19. The molecule has 1 atom stereocenters. The fourth-order valence-electron chi connectivity index (χ4n) is 3.39. The van der Waals surface area contributed by atoms with Crippen LogP contribution in [0.5, 0.6) is 0 Å². The van der Waals surface area contributed by atoms with E-state index < -0.39 is 10.0 Å². The largest absolute Gasteiger partial charge is 0.346 e. The highest BCUT2D eigenvalue weighted by atomic mass is 32.2. The van der Waals surface area contributed by atoms with Crippen LogP contribution in [0.15, 0.2) is 90.3 Å². The Morgan fingerprint density at radius 1 is 0.886 bits per heavy atom. The Kier molecular flexibility index (Phi) is 6.74. The second-order valence-electron chi connectivity index (χ2n) is 7.89. The summed E-state index contributed by atoms with van der Waals surface area (Å²) in [6.45, 7) is 3.29. The quantitative estimate of drug-likeness (QED) is 0.363. The lowest BCUT2D eigenvalue weighted by atomic mass is 10.1. The van der Waals surface area contributed by atoms with Crippen molar-refractivity contribution in [1.82, 2.24) is 20.1 Å². The monoisotopic (exact) mass is 489 g/mol. The van der Waals surface area contributed by atoms with E-state index in [4.69, 9.17) is 0 Å². The number of nitrogens with zero attached hydrogens (tertiary/aromatic N) is 3. The molecule has 0 spiro atoms. The lowest BCUT2D eigenvalue weighted by Crippen LogP contribution is -2.26. The molecule has 0 aliphatic rings. The maximum atomic E-state index is 12.7. The van der Waals surface area contributed by atoms with Gasteiger partial charge in [-0.05, 0) is 67.9 Å². The van der Waals surface area contributed by atoms with Crippen molar-refractivity contribution in [3.05, 3.63) is 102 Å². The highest BCUT2D eigenvalue weighted by molar-refractivity contribution is 7.92. The summed E-state index contributed by atoms with van der Waals surface area (Å²) in [5, 5.41) is 7.02. The molecule has 35 heavy (non-hydrogen) atoms. The molecule has 1 heterocycles. The second-order valence-corrected chi connectivity index (χ2v) is 9.57. The number of ketones is 1. The third-order valence-electron chi connectivity index (χ3n) is 5.39. The third-order valence-corrected chi connectivity index (χ3v) is 6.79. The van der Waals surface area contributed by atoms with Crippen LogP contribution >= 0.6 is 0 Å². The van der Waals surface area contributed by atoms with Gasteiger partial charge in [0.1, 0.15) is 12.7 Å². The Hall–Kier alpha value is -4.31. The van der Waals surface area contributed by atoms with Gasteiger partial charge in [0.2, 0.25) is 0 Å². The molecule has 178 valence electrons. The first-order chi connectivity index (χ1) is 16.7. The van der Waals surface area contributed by atoms with Crippen molar-refractivity contribution >= 4 is 27.4 Å². The van der Waals surface area contributed by atoms with E-state index in [2.05, 4.69) is 20.1 Å². The second kappa shape index (κ2) is 9.90. The fourth-order valence-corrected chi connectivity index (χ4v) is 4.45. The molecule has 4 aromatic rings. The van der Waals surface area contributed by atoms with E-state index >= 15 is 0 Å². The number of Topliss-reactive ketones (excluding diaryl/α,β-unsaturated/α-hetero) is 1. The lowest BCUT2D eigenvalue weighted by Gasteiger charge is -2.15. The smallest absolute Gasteiger partial charge is 0.261 e. The van der Waals surface area contributed by atoms with Crippen LogP contribution < -0.4 is 10.0 Å². The zero-order chi connectivity index (χ0) is 25.0. The summed E-state index contributed by atoms with van der Waals surface area (Å²) in [6.07, 6.45) is 3.06. The van der Waals surface area contributed by atoms with Gasteiger partial charge < -0.3 is 5.32 Å². The first kappa shape index (κ1) is 23.8. The molecule has 1 aromatic heterocycles. The maximum Gasteiger partial charge on any atom is 0.261 e. The van der Waals surface area contributed by atoms with E-state index in [0.29, 0.717) is 16.8 Å². The van der Waals surface area contributed by atoms with Crippen LogP contribution in [-0.4, -0.2) is 34.9 Å². The molecule has 0 aliphatic carbocycles. The maximum absolute atomic E-state index is 12.7. The van der Waals surface area contributed by atoms with Crippen molar-refractivity contribution in [3.8, 4) is 5.69 Å². The van der Waals surface area contributed by atoms with Gasteiger partial charge in [0, 0.05) is 16.8 Å². The van der Waals surface area contributed by atoms with E-state index in [1.54, 1.807) is 23.1 Å². The van der Waals surface area contributed by atoms with Crippen molar-refractivity contribution in [2.24, 2.45) is 0 Å². The van der Waals surface area contributed by atoms with Gasteiger partial charge in [0.05, 0.1) is 16.6 Å². The number of aromatic nitrogens is 3. The average Bonchev–Trinajstić information content (AvgIpc) is 3.39. The normalized spacial score (nSPS) is 12.1. The van der Waals surface area contributed by atoms with Gasteiger partial charge in [-0.3, -0.25) is 14.3 Å². The average molecular weight is 490 g/mol. The summed E-state index contributed by atoms with van der Waals surface area (Å²) in [5.74, 6) is -0.430. The van der Waals surface area contributed by atoms with Gasteiger partial charge in [-0.1, -0.05) is 24.3 Å². The Bertz CT molecular complexity index is 1430. The predicted octanol–water partition coefficient (Wildman–Crippen LogP) is 3.76. The number of amides is 1. The number of anilines is 1. The van der Waals surface area contributed by atoms with Gasteiger partial charge >= 0.3 is 0 Å². The van der Waals surface area contributed by atoms with E-state index in [-0.39, 0.29) is 22.6 Å².